The van der Waals surface area contributed by atoms with Gasteiger partial charge < -0.3 is 5.32 Å². The minimum Gasteiger partial charge on any atom is -0.324 e. The number of pyridine rings is 1. The fourth-order valence-electron chi connectivity index (χ4n) is 2.24. The van der Waals surface area contributed by atoms with Crippen molar-refractivity contribution in [3.63, 3.8) is 0 Å². The van der Waals surface area contributed by atoms with Gasteiger partial charge in [0.25, 0.3) is 5.91 Å². The number of nitriles is 1. The number of halogens is 1. The molecule has 0 aliphatic heterocycles. The van der Waals surface area contributed by atoms with E-state index in [2.05, 4.69) is 36.8 Å². The van der Waals surface area contributed by atoms with Gasteiger partial charge in [-0.25, -0.2) is 4.99 Å². The third-order valence-electron chi connectivity index (χ3n) is 3.55. The van der Waals surface area contributed by atoms with Gasteiger partial charge in [0.1, 0.15) is 6.17 Å². The second-order valence-corrected chi connectivity index (χ2v) is 7.57. The predicted octanol–water partition coefficient (Wildman–Crippen LogP) is 3.74. The Kier molecular flexibility index (Phi) is 6.91. The first-order valence-corrected chi connectivity index (χ1v) is 8.98. The van der Waals surface area contributed by atoms with Gasteiger partial charge in [-0.2, -0.15) is 5.26 Å². The molecular weight excluding hydrogens is 408 g/mol. The SMILES string of the molecule is CC(C)(C)C(N=C(NC#N)Nc1cccnc1)N(Br)C(=O)c1ccccc1. The number of carbonyl (C=O) groups is 1. The van der Waals surface area contributed by atoms with Gasteiger partial charge in [-0.05, 0) is 24.3 Å². The molecule has 1 atom stereocenters. The van der Waals surface area contributed by atoms with E-state index >= 15 is 0 Å². The molecular formula is C19H21BrN6O. The number of guanidine groups is 1. The molecule has 0 aliphatic carbocycles. The molecule has 1 amide bonds. The van der Waals surface area contributed by atoms with Gasteiger partial charge in [0.2, 0.25) is 5.96 Å². The van der Waals surface area contributed by atoms with Crippen molar-refractivity contribution in [1.82, 2.24) is 14.2 Å². The normalized spacial score (nSPS) is 12.6. The Morgan fingerprint density at radius 3 is 2.52 bits per heavy atom. The Bertz CT molecular complexity index is 827. The number of carbonyl (C=O) groups excluding carboxylic acids is 1. The van der Waals surface area contributed by atoms with Crippen molar-refractivity contribution >= 4 is 33.7 Å². The maximum absolute atomic E-state index is 12.8. The number of aliphatic imine (C=N–C) groups is 1. The molecule has 0 saturated carbocycles. The van der Waals surface area contributed by atoms with Gasteiger partial charge in [-0.15, -0.1) is 0 Å². The van der Waals surface area contributed by atoms with Crippen molar-refractivity contribution in [3.05, 3.63) is 60.4 Å². The van der Waals surface area contributed by atoms with Crippen molar-refractivity contribution < 1.29 is 4.79 Å². The molecule has 2 N–H and O–H groups in total. The standard InChI is InChI=1S/C19H21BrN6O/c1-19(2,3)17(26(20)16(27)14-8-5-4-6-9-14)25-18(23-13-21)24-15-10-7-11-22-12-15/h4-12,17H,1-3H3,(H2,23,24,25). The average Bonchev–Trinajstić information content (AvgIpc) is 2.65. The second-order valence-electron chi connectivity index (χ2n) is 6.80. The summed E-state index contributed by atoms with van der Waals surface area (Å²) in [7, 11) is 0. The highest BCUT2D eigenvalue weighted by Crippen LogP contribution is 2.29. The molecule has 1 aromatic heterocycles. The highest BCUT2D eigenvalue weighted by Gasteiger charge is 2.33. The van der Waals surface area contributed by atoms with Crippen LogP contribution in [0.5, 0.6) is 0 Å². The van der Waals surface area contributed by atoms with E-state index in [0.29, 0.717) is 11.3 Å². The summed E-state index contributed by atoms with van der Waals surface area (Å²) < 4.78 is 1.40. The molecule has 0 spiro atoms. The number of aromatic nitrogens is 1. The van der Waals surface area contributed by atoms with Crippen molar-refractivity contribution in [1.29, 1.82) is 5.26 Å². The topological polar surface area (TPSA) is 93.4 Å². The lowest BCUT2D eigenvalue weighted by atomic mass is 9.92. The number of anilines is 1. The van der Waals surface area contributed by atoms with Crippen molar-refractivity contribution in [2.75, 3.05) is 5.32 Å². The van der Waals surface area contributed by atoms with E-state index in [4.69, 9.17) is 5.26 Å². The van der Waals surface area contributed by atoms with Crippen molar-refractivity contribution in [2.45, 2.75) is 26.9 Å². The van der Waals surface area contributed by atoms with Gasteiger partial charge in [0.15, 0.2) is 6.19 Å². The molecule has 0 bridgehead atoms. The third kappa shape index (κ3) is 5.79. The van der Waals surface area contributed by atoms with Gasteiger partial charge in [-0.1, -0.05) is 39.0 Å². The summed E-state index contributed by atoms with van der Waals surface area (Å²) in [4.78, 5) is 21.4. The first-order valence-electron chi connectivity index (χ1n) is 8.27. The Morgan fingerprint density at radius 2 is 1.96 bits per heavy atom. The molecule has 1 aromatic carbocycles. The maximum atomic E-state index is 12.8. The van der Waals surface area contributed by atoms with Crippen molar-refractivity contribution in [3.8, 4) is 6.19 Å². The van der Waals surface area contributed by atoms with Crippen LogP contribution in [0.25, 0.3) is 0 Å². The highest BCUT2D eigenvalue weighted by atomic mass is 79.9. The summed E-state index contributed by atoms with van der Waals surface area (Å²) in [5, 5.41) is 14.6. The lowest BCUT2D eigenvalue weighted by Gasteiger charge is -2.33. The number of hydrogen-bond donors (Lipinski definition) is 2. The van der Waals surface area contributed by atoms with Gasteiger partial charge in [-0.3, -0.25) is 19.0 Å². The summed E-state index contributed by atoms with van der Waals surface area (Å²) in [5.74, 6) is -0.00676. The molecule has 8 heteroatoms. The maximum Gasteiger partial charge on any atom is 0.265 e. The lowest BCUT2D eigenvalue weighted by molar-refractivity contribution is 0.0776. The number of nitrogens with zero attached hydrogens (tertiary/aromatic N) is 4. The first kappa shape index (κ1) is 20.4. The molecule has 7 nitrogen and oxygen atoms in total. The van der Waals surface area contributed by atoms with Crippen LogP contribution in [0.4, 0.5) is 5.69 Å². The van der Waals surface area contributed by atoms with Crippen molar-refractivity contribution in [2.24, 2.45) is 10.4 Å². The van der Waals surface area contributed by atoms with E-state index in [1.807, 2.05) is 33.0 Å². The minimum absolute atomic E-state index is 0.218. The van der Waals surface area contributed by atoms with Gasteiger partial charge >= 0.3 is 0 Å². The Morgan fingerprint density at radius 1 is 1.26 bits per heavy atom. The quantitative estimate of drug-likeness (QED) is 0.254. The molecule has 27 heavy (non-hydrogen) atoms. The summed E-state index contributed by atoms with van der Waals surface area (Å²) in [6.45, 7) is 5.88. The van der Waals surface area contributed by atoms with Crippen LogP contribution in [0, 0.1) is 16.9 Å². The molecule has 2 aromatic rings. The third-order valence-corrected chi connectivity index (χ3v) is 4.26. The summed E-state index contributed by atoms with van der Waals surface area (Å²) in [6, 6.07) is 12.5. The highest BCUT2D eigenvalue weighted by molar-refractivity contribution is 9.07. The zero-order chi connectivity index (χ0) is 19.9. The summed E-state index contributed by atoms with van der Waals surface area (Å²) in [5.41, 5.74) is 0.795. The number of rotatable bonds is 4. The van der Waals surface area contributed by atoms with E-state index in [0.717, 1.165) is 0 Å². The minimum atomic E-state index is -0.592. The van der Waals surface area contributed by atoms with Crippen LogP contribution >= 0.6 is 16.1 Å². The van der Waals surface area contributed by atoms with Gasteiger partial charge in [0, 0.05) is 17.2 Å². The van der Waals surface area contributed by atoms with E-state index in [9.17, 15) is 4.79 Å². The molecule has 0 fully saturated rings. The molecule has 1 unspecified atom stereocenters. The molecule has 2 rings (SSSR count). The Hall–Kier alpha value is -2.92. The summed E-state index contributed by atoms with van der Waals surface area (Å²) >= 11 is 3.37. The smallest absolute Gasteiger partial charge is 0.265 e. The summed E-state index contributed by atoms with van der Waals surface area (Å²) in [6.07, 6.45) is 4.53. The van der Waals surface area contributed by atoms with Crippen LogP contribution in [-0.4, -0.2) is 26.9 Å². The van der Waals surface area contributed by atoms with Crippen LogP contribution in [0.3, 0.4) is 0 Å². The number of nitrogens with one attached hydrogen (secondary N) is 2. The predicted molar refractivity (Wildman–Crippen MR) is 109 cm³/mol. The van der Waals surface area contributed by atoms with Gasteiger partial charge in [0.05, 0.1) is 28.0 Å². The van der Waals surface area contributed by atoms with E-state index in [-0.39, 0.29) is 11.9 Å². The molecule has 0 aliphatic rings. The number of amides is 1. The Labute approximate surface area is 167 Å². The number of benzene rings is 1. The zero-order valence-electron chi connectivity index (χ0n) is 15.3. The van der Waals surface area contributed by atoms with E-state index < -0.39 is 11.6 Å². The largest absolute Gasteiger partial charge is 0.324 e. The van der Waals surface area contributed by atoms with E-state index in [1.165, 1.54) is 3.93 Å². The number of hydrogen-bond acceptors (Lipinski definition) is 4. The fourth-order valence-corrected chi connectivity index (χ4v) is 3.15. The first-order chi connectivity index (χ1) is 12.8. The second kappa shape index (κ2) is 9.14. The molecule has 1 heterocycles. The molecule has 0 radical (unpaired) electrons. The molecule has 140 valence electrons. The fraction of sp³-hybridized carbons (Fsp3) is 0.263. The Balaban J connectivity index is 2.34. The molecule has 0 saturated heterocycles. The van der Waals surface area contributed by atoms with Crippen LogP contribution in [-0.2, 0) is 0 Å². The zero-order valence-corrected chi connectivity index (χ0v) is 16.9. The average molecular weight is 429 g/mol. The lowest BCUT2D eigenvalue weighted by Crippen LogP contribution is -2.43. The van der Waals surface area contributed by atoms with Crippen LogP contribution in [0.1, 0.15) is 31.1 Å². The van der Waals surface area contributed by atoms with Crippen LogP contribution < -0.4 is 10.6 Å². The van der Waals surface area contributed by atoms with Crippen LogP contribution in [0.2, 0.25) is 0 Å². The van der Waals surface area contributed by atoms with E-state index in [1.54, 1.807) is 48.8 Å². The monoisotopic (exact) mass is 428 g/mol. The van der Waals surface area contributed by atoms with Crippen LogP contribution in [0.15, 0.2) is 59.9 Å².